The number of fused-ring (bicyclic) bond motifs is 1. The molecule has 1 N–H and O–H groups in total. The Bertz CT molecular complexity index is 718. The number of aromatic amines is 1. The quantitative estimate of drug-likeness (QED) is 0.939. The van der Waals surface area contributed by atoms with Gasteiger partial charge in [-0.15, -0.1) is 10.2 Å². The molecule has 0 unspecified atom stereocenters. The number of hydrogen-bond donors (Lipinski definition) is 1. The van der Waals surface area contributed by atoms with Gasteiger partial charge in [-0.3, -0.25) is 10.00 Å². The Labute approximate surface area is 135 Å². The lowest BCUT2D eigenvalue weighted by Crippen LogP contribution is -2.32. The summed E-state index contributed by atoms with van der Waals surface area (Å²) in [5.41, 5.74) is 2.56. The smallest absolute Gasteiger partial charge is 0.224 e. The average molecular weight is 313 g/mol. The molecule has 2 aromatic heterocycles. The Kier molecular flexibility index (Phi) is 2.92. The lowest BCUT2D eigenvalue weighted by molar-refractivity contribution is 0.263. The summed E-state index contributed by atoms with van der Waals surface area (Å²) in [5.74, 6) is 2.98. The van der Waals surface area contributed by atoms with Crippen molar-refractivity contribution < 1.29 is 4.42 Å². The van der Waals surface area contributed by atoms with E-state index in [1.807, 2.05) is 6.20 Å². The zero-order valence-corrected chi connectivity index (χ0v) is 13.6. The second-order valence-electron chi connectivity index (χ2n) is 7.65. The van der Waals surface area contributed by atoms with E-state index < -0.39 is 0 Å². The van der Waals surface area contributed by atoms with Crippen LogP contribution in [0.4, 0.5) is 0 Å². The fourth-order valence-corrected chi connectivity index (χ4v) is 4.57. The van der Waals surface area contributed by atoms with E-state index in [1.165, 1.54) is 43.4 Å². The highest BCUT2D eigenvalue weighted by molar-refractivity contribution is 5.20. The SMILES string of the molecule is Cc1[nH]ncc1CN1C[C@@H]2CCC[C@]2(c2nnc(C3CC3)o2)C1. The van der Waals surface area contributed by atoms with Crippen LogP contribution in [0.1, 0.15) is 61.1 Å². The maximum Gasteiger partial charge on any atom is 0.224 e. The Balaban J connectivity index is 1.40. The van der Waals surface area contributed by atoms with E-state index in [-0.39, 0.29) is 5.41 Å². The number of aromatic nitrogens is 4. The molecular weight excluding hydrogens is 290 g/mol. The van der Waals surface area contributed by atoms with Crippen LogP contribution < -0.4 is 0 Å². The number of hydrogen-bond acceptors (Lipinski definition) is 5. The third-order valence-electron chi connectivity index (χ3n) is 6.06. The molecule has 5 rings (SSSR count). The topological polar surface area (TPSA) is 70.8 Å². The van der Waals surface area contributed by atoms with Crippen molar-refractivity contribution in [1.29, 1.82) is 0 Å². The summed E-state index contributed by atoms with van der Waals surface area (Å²) >= 11 is 0. The minimum Gasteiger partial charge on any atom is -0.424 e. The van der Waals surface area contributed by atoms with Gasteiger partial charge < -0.3 is 4.42 Å². The minimum atomic E-state index is 0.0950. The molecule has 0 aromatic carbocycles. The molecule has 0 bridgehead atoms. The van der Waals surface area contributed by atoms with Crippen molar-refractivity contribution in [3.8, 4) is 0 Å². The first-order valence-electron chi connectivity index (χ1n) is 8.80. The molecule has 0 radical (unpaired) electrons. The molecule has 1 saturated heterocycles. The summed E-state index contributed by atoms with van der Waals surface area (Å²) in [4.78, 5) is 2.54. The van der Waals surface area contributed by atoms with Gasteiger partial charge in [-0.25, -0.2) is 0 Å². The van der Waals surface area contributed by atoms with Crippen molar-refractivity contribution in [3.05, 3.63) is 29.2 Å². The van der Waals surface area contributed by atoms with Crippen molar-refractivity contribution in [1.82, 2.24) is 25.3 Å². The number of nitrogens with zero attached hydrogens (tertiary/aromatic N) is 4. The lowest BCUT2D eigenvalue weighted by Gasteiger charge is -2.24. The second-order valence-corrected chi connectivity index (χ2v) is 7.65. The molecule has 3 heterocycles. The minimum absolute atomic E-state index is 0.0950. The molecule has 6 nitrogen and oxygen atoms in total. The summed E-state index contributed by atoms with van der Waals surface area (Å²) in [7, 11) is 0. The normalized spacial score (nSPS) is 30.9. The van der Waals surface area contributed by atoms with Crippen LogP contribution in [0.2, 0.25) is 0 Å². The molecule has 2 aliphatic carbocycles. The summed E-state index contributed by atoms with van der Waals surface area (Å²) < 4.78 is 6.14. The molecule has 1 aliphatic heterocycles. The first-order chi connectivity index (χ1) is 11.2. The molecule has 6 heteroatoms. The van der Waals surface area contributed by atoms with Gasteiger partial charge in [0.2, 0.25) is 11.8 Å². The number of aryl methyl sites for hydroxylation is 1. The fourth-order valence-electron chi connectivity index (χ4n) is 4.57. The van der Waals surface area contributed by atoms with Crippen LogP contribution in [0, 0.1) is 12.8 Å². The predicted octanol–water partition coefficient (Wildman–Crippen LogP) is 2.53. The molecular formula is C17H23N5O. The van der Waals surface area contributed by atoms with Crippen LogP contribution in [-0.4, -0.2) is 38.4 Å². The fraction of sp³-hybridized carbons (Fsp3) is 0.706. The second kappa shape index (κ2) is 4.90. The highest BCUT2D eigenvalue weighted by Gasteiger charge is 2.54. The Hall–Kier alpha value is -1.69. The number of likely N-dealkylation sites (tertiary alicyclic amines) is 1. The van der Waals surface area contributed by atoms with E-state index in [0.29, 0.717) is 11.8 Å². The first kappa shape index (κ1) is 13.7. The zero-order chi connectivity index (χ0) is 15.4. The van der Waals surface area contributed by atoms with Gasteiger partial charge in [-0.1, -0.05) is 6.42 Å². The van der Waals surface area contributed by atoms with Crippen molar-refractivity contribution in [2.75, 3.05) is 13.1 Å². The summed E-state index contributed by atoms with van der Waals surface area (Å²) in [6.07, 6.45) is 8.12. The molecule has 2 aromatic rings. The van der Waals surface area contributed by atoms with E-state index >= 15 is 0 Å². The van der Waals surface area contributed by atoms with Crippen LogP contribution in [-0.2, 0) is 12.0 Å². The van der Waals surface area contributed by atoms with E-state index in [0.717, 1.165) is 31.4 Å². The molecule has 2 atom stereocenters. The Morgan fingerprint density at radius 3 is 3.04 bits per heavy atom. The molecule has 0 amide bonds. The highest BCUT2D eigenvalue weighted by Crippen LogP contribution is 2.51. The maximum atomic E-state index is 6.14. The molecule has 122 valence electrons. The maximum absolute atomic E-state index is 6.14. The van der Waals surface area contributed by atoms with Crippen LogP contribution >= 0.6 is 0 Å². The van der Waals surface area contributed by atoms with Gasteiger partial charge in [0, 0.05) is 36.8 Å². The molecule has 0 spiro atoms. The molecule has 23 heavy (non-hydrogen) atoms. The monoisotopic (exact) mass is 313 g/mol. The van der Waals surface area contributed by atoms with Crippen LogP contribution in [0.3, 0.4) is 0 Å². The van der Waals surface area contributed by atoms with Gasteiger partial charge in [-0.2, -0.15) is 5.10 Å². The van der Waals surface area contributed by atoms with Crippen LogP contribution in [0.15, 0.2) is 10.6 Å². The largest absolute Gasteiger partial charge is 0.424 e. The highest BCUT2D eigenvalue weighted by atomic mass is 16.4. The van der Waals surface area contributed by atoms with E-state index in [9.17, 15) is 0 Å². The van der Waals surface area contributed by atoms with Gasteiger partial charge in [0.05, 0.1) is 11.6 Å². The average Bonchev–Trinajstić information content (AvgIpc) is 2.91. The lowest BCUT2D eigenvalue weighted by atomic mass is 9.80. The first-order valence-corrected chi connectivity index (χ1v) is 8.80. The third kappa shape index (κ3) is 2.15. The summed E-state index contributed by atoms with van der Waals surface area (Å²) in [5, 5.41) is 16.0. The molecule has 3 fully saturated rings. The van der Waals surface area contributed by atoms with Crippen LogP contribution in [0.25, 0.3) is 0 Å². The zero-order valence-electron chi connectivity index (χ0n) is 13.6. The number of nitrogens with one attached hydrogen (secondary N) is 1. The van der Waals surface area contributed by atoms with Crippen molar-refractivity contribution in [3.63, 3.8) is 0 Å². The standard InChI is InChI=1S/C17H23N5O/c1-11-13(7-18-19-11)8-22-9-14-3-2-6-17(14,10-22)16-21-20-15(23-16)12-4-5-12/h7,12,14H,2-6,8-10H2,1H3,(H,18,19)/t14-,17-/m0/s1. The van der Waals surface area contributed by atoms with Crippen molar-refractivity contribution in [2.45, 2.75) is 56.9 Å². The molecule has 3 aliphatic rings. The third-order valence-corrected chi connectivity index (χ3v) is 6.06. The summed E-state index contributed by atoms with van der Waals surface area (Å²) in [6.45, 7) is 5.22. The van der Waals surface area contributed by atoms with E-state index in [2.05, 4.69) is 32.2 Å². The number of H-pyrrole nitrogens is 1. The van der Waals surface area contributed by atoms with Crippen molar-refractivity contribution >= 4 is 0 Å². The van der Waals surface area contributed by atoms with Gasteiger partial charge in [-0.05, 0) is 38.5 Å². The van der Waals surface area contributed by atoms with Gasteiger partial charge >= 0.3 is 0 Å². The number of rotatable bonds is 4. The van der Waals surface area contributed by atoms with Gasteiger partial charge in [0.25, 0.3) is 0 Å². The van der Waals surface area contributed by atoms with E-state index in [1.54, 1.807) is 0 Å². The van der Waals surface area contributed by atoms with Crippen molar-refractivity contribution in [2.24, 2.45) is 5.92 Å². The van der Waals surface area contributed by atoms with E-state index in [4.69, 9.17) is 4.42 Å². The molecule has 2 saturated carbocycles. The van der Waals surface area contributed by atoms with Gasteiger partial charge in [0.15, 0.2) is 0 Å². The van der Waals surface area contributed by atoms with Gasteiger partial charge in [0.1, 0.15) is 0 Å². The van der Waals surface area contributed by atoms with Crippen LogP contribution in [0.5, 0.6) is 0 Å². The Morgan fingerprint density at radius 1 is 1.35 bits per heavy atom. The Morgan fingerprint density at radius 2 is 2.26 bits per heavy atom. The predicted molar refractivity (Wildman–Crippen MR) is 83.9 cm³/mol. The summed E-state index contributed by atoms with van der Waals surface area (Å²) in [6, 6.07) is 0.